The topological polar surface area (TPSA) is 49.9 Å². The molecule has 0 saturated carbocycles. The minimum absolute atomic E-state index is 0.200. The van der Waals surface area contributed by atoms with Crippen molar-refractivity contribution in [1.82, 2.24) is 9.80 Å². The Morgan fingerprint density at radius 1 is 0.783 bits per heavy atom. The second kappa shape index (κ2) is 6.15. The molecule has 4 saturated heterocycles. The number of rotatable bonds is 6. The number of hydrogen-bond acceptors (Lipinski definition) is 5. The number of carbonyl (C=O) groups is 2. The van der Waals surface area contributed by atoms with E-state index in [1.807, 2.05) is 33.3 Å². The van der Waals surface area contributed by atoms with Crippen molar-refractivity contribution in [3.63, 3.8) is 0 Å². The summed E-state index contributed by atoms with van der Waals surface area (Å²) >= 11 is 3.95. The van der Waals surface area contributed by atoms with Gasteiger partial charge >= 0.3 is 0 Å². The van der Waals surface area contributed by atoms with Crippen LogP contribution >= 0.6 is 23.5 Å². The number of nitrogens with zero attached hydrogens (tertiary/aromatic N) is 2. The van der Waals surface area contributed by atoms with Crippen LogP contribution in [0.1, 0.15) is 12.8 Å². The molecule has 128 valence electrons. The zero-order valence-corrected chi connectivity index (χ0v) is 15.1. The maximum absolute atomic E-state index is 12.0. The molecule has 0 bridgehead atoms. The van der Waals surface area contributed by atoms with Gasteiger partial charge in [0.15, 0.2) is 0 Å². The SMILES string of the molecule is O=C(CCOCCC(=O)N1CC2(CSC2)C1)N1CC2(CSC2)C1. The Labute approximate surface area is 145 Å². The third-order valence-corrected chi connectivity index (χ3v) is 8.63. The Morgan fingerprint density at radius 3 is 1.48 bits per heavy atom. The van der Waals surface area contributed by atoms with Gasteiger partial charge in [-0.2, -0.15) is 23.5 Å². The first-order valence-electron chi connectivity index (χ1n) is 8.39. The van der Waals surface area contributed by atoms with Crippen molar-refractivity contribution in [3.05, 3.63) is 0 Å². The van der Waals surface area contributed by atoms with E-state index in [0.717, 1.165) is 26.2 Å². The summed E-state index contributed by atoms with van der Waals surface area (Å²) in [6, 6.07) is 0. The maximum Gasteiger partial charge on any atom is 0.224 e. The minimum atomic E-state index is 0.200. The van der Waals surface area contributed by atoms with Crippen molar-refractivity contribution < 1.29 is 14.3 Å². The zero-order chi connectivity index (χ0) is 15.9. The predicted molar refractivity (Wildman–Crippen MR) is 92.7 cm³/mol. The van der Waals surface area contributed by atoms with Gasteiger partial charge in [-0.15, -0.1) is 0 Å². The largest absolute Gasteiger partial charge is 0.380 e. The van der Waals surface area contributed by atoms with Gasteiger partial charge in [0.25, 0.3) is 0 Å². The number of likely N-dealkylation sites (tertiary alicyclic amines) is 2. The molecule has 4 aliphatic heterocycles. The van der Waals surface area contributed by atoms with Crippen LogP contribution in [0.3, 0.4) is 0 Å². The van der Waals surface area contributed by atoms with Crippen LogP contribution in [0.15, 0.2) is 0 Å². The van der Waals surface area contributed by atoms with E-state index in [1.54, 1.807) is 0 Å². The molecule has 23 heavy (non-hydrogen) atoms. The Hall–Kier alpha value is -0.400. The standard InChI is InChI=1S/C16H24N2O3S2/c19-13(17-5-15(6-17)9-22-10-15)1-3-21-4-2-14(20)18-7-16(8-18)11-23-12-16/h1-12H2. The quantitative estimate of drug-likeness (QED) is 0.663. The number of ether oxygens (including phenoxy) is 1. The molecule has 2 amide bonds. The van der Waals surface area contributed by atoms with Crippen LogP contribution < -0.4 is 0 Å². The normalized spacial score (nSPS) is 26.3. The zero-order valence-electron chi connectivity index (χ0n) is 13.4. The molecule has 0 unspecified atom stereocenters. The van der Waals surface area contributed by atoms with Gasteiger partial charge in [0, 0.05) is 60.0 Å². The first-order valence-corrected chi connectivity index (χ1v) is 10.7. The Morgan fingerprint density at radius 2 is 1.17 bits per heavy atom. The van der Waals surface area contributed by atoms with Gasteiger partial charge in [-0.1, -0.05) is 0 Å². The van der Waals surface area contributed by atoms with Crippen LogP contribution in [0.2, 0.25) is 0 Å². The summed E-state index contributed by atoms with van der Waals surface area (Å²) in [5, 5.41) is 0. The van der Waals surface area contributed by atoms with E-state index < -0.39 is 0 Å². The van der Waals surface area contributed by atoms with E-state index in [-0.39, 0.29) is 11.8 Å². The first kappa shape index (κ1) is 16.1. The molecule has 0 aromatic carbocycles. The summed E-state index contributed by atoms with van der Waals surface area (Å²) in [7, 11) is 0. The number of amides is 2. The average molecular weight is 357 g/mol. The van der Waals surface area contributed by atoms with E-state index in [2.05, 4.69) is 0 Å². The highest BCUT2D eigenvalue weighted by Gasteiger charge is 2.50. The molecule has 5 nitrogen and oxygen atoms in total. The molecule has 2 spiro atoms. The highest BCUT2D eigenvalue weighted by molar-refractivity contribution is 8.00. The van der Waals surface area contributed by atoms with Crippen LogP contribution in [0.5, 0.6) is 0 Å². The number of hydrogen-bond donors (Lipinski definition) is 0. The molecule has 4 aliphatic rings. The van der Waals surface area contributed by atoms with E-state index in [9.17, 15) is 9.59 Å². The van der Waals surface area contributed by atoms with Crippen molar-refractivity contribution in [2.24, 2.45) is 10.8 Å². The second-order valence-electron chi connectivity index (χ2n) is 7.60. The molecule has 0 aromatic heterocycles. The summed E-state index contributed by atoms with van der Waals surface area (Å²) in [6.45, 7) is 4.62. The number of thioether (sulfide) groups is 2. The van der Waals surface area contributed by atoms with Gasteiger partial charge in [-0.05, 0) is 0 Å². The summed E-state index contributed by atoms with van der Waals surface area (Å²) in [5.41, 5.74) is 0.919. The molecule has 0 atom stereocenters. The van der Waals surface area contributed by atoms with Gasteiger partial charge < -0.3 is 14.5 Å². The van der Waals surface area contributed by atoms with Crippen molar-refractivity contribution in [2.75, 3.05) is 62.4 Å². The molecule has 0 aliphatic carbocycles. The van der Waals surface area contributed by atoms with E-state index in [0.29, 0.717) is 36.9 Å². The predicted octanol–water partition coefficient (Wildman–Crippen LogP) is 0.934. The summed E-state index contributed by atoms with van der Waals surface area (Å²) in [5.74, 6) is 5.26. The van der Waals surface area contributed by atoms with E-state index in [1.165, 1.54) is 23.0 Å². The molecular weight excluding hydrogens is 332 g/mol. The molecular formula is C16H24N2O3S2. The van der Waals surface area contributed by atoms with E-state index in [4.69, 9.17) is 4.74 Å². The summed E-state index contributed by atoms with van der Waals surface area (Å²) < 4.78 is 5.49. The van der Waals surface area contributed by atoms with Crippen LogP contribution in [-0.4, -0.2) is 84.0 Å². The molecule has 0 aromatic rings. The van der Waals surface area contributed by atoms with Crippen LogP contribution in [0, 0.1) is 10.8 Å². The lowest BCUT2D eigenvalue weighted by molar-refractivity contribution is -0.143. The number of carbonyl (C=O) groups excluding carboxylic acids is 2. The third-order valence-electron chi connectivity index (χ3n) is 5.36. The molecule has 4 fully saturated rings. The van der Waals surface area contributed by atoms with Gasteiger partial charge in [0.05, 0.1) is 26.1 Å². The van der Waals surface area contributed by atoms with E-state index >= 15 is 0 Å². The van der Waals surface area contributed by atoms with Crippen LogP contribution in [-0.2, 0) is 14.3 Å². The monoisotopic (exact) mass is 356 g/mol. The lowest BCUT2D eigenvalue weighted by Gasteiger charge is -2.55. The van der Waals surface area contributed by atoms with Crippen LogP contribution in [0.25, 0.3) is 0 Å². The van der Waals surface area contributed by atoms with Crippen molar-refractivity contribution in [1.29, 1.82) is 0 Å². The first-order chi connectivity index (χ1) is 11.1. The fraction of sp³-hybridized carbons (Fsp3) is 0.875. The molecule has 4 rings (SSSR count). The summed E-state index contributed by atoms with van der Waals surface area (Å²) in [6.07, 6.45) is 0.892. The smallest absolute Gasteiger partial charge is 0.224 e. The Balaban J connectivity index is 1.04. The van der Waals surface area contributed by atoms with Crippen LogP contribution in [0.4, 0.5) is 0 Å². The maximum atomic E-state index is 12.0. The average Bonchev–Trinajstić information content (AvgIpc) is 2.31. The Kier molecular flexibility index (Phi) is 4.30. The van der Waals surface area contributed by atoms with Crippen molar-refractivity contribution in [3.8, 4) is 0 Å². The van der Waals surface area contributed by atoms with Crippen molar-refractivity contribution >= 4 is 35.3 Å². The minimum Gasteiger partial charge on any atom is -0.380 e. The lowest BCUT2D eigenvalue weighted by Crippen LogP contribution is -2.64. The fourth-order valence-corrected chi connectivity index (χ4v) is 6.06. The van der Waals surface area contributed by atoms with Gasteiger partial charge in [0.2, 0.25) is 11.8 Å². The summed E-state index contributed by atoms with van der Waals surface area (Å²) in [4.78, 5) is 27.9. The second-order valence-corrected chi connectivity index (χ2v) is 9.57. The Bertz CT molecular complexity index is 446. The molecule has 0 radical (unpaired) electrons. The van der Waals surface area contributed by atoms with Crippen molar-refractivity contribution in [2.45, 2.75) is 12.8 Å². The third kappa shape index (κ3) is 3.12. The highest BCUT2D eigenvalue weighted by atomic mass is 32.2. The molecule has 0 N–H and O–H groups in total. The molecule has 7 heteroatoms. The fourth-order valence-electron chi connectivity index (χ4n) is 3.76. The van der Waals surface area contributed by atoms with Gasteiger partial charge in [-0.3, -0.25) is 9.59 Å². The van der Waals surface area contributed by atoms with Gasteiger partial charge in [0.1, 0.15) is 0 Å². The molecule has 4 heterocycles. The lowest BCUT2D eigenvalue weighted by atomic mass is 9.82. The van der Waals surface area contributed by atoms with Gasteiger partial charge in [-0.25, -0.2) is 0 Å². The highest BCUT2D eigenvalue weighted by Crippen LogP contribution is 2.46.